The van der Waals surface area contributed by atoms with Crippen molar-refractivity contribution in [2.24, 2.45) is 5.92 Å². The highest BCUT2D eigenvalue weighted by Gasteiger charge is 2.38. The van der Waals surface area contributed by atoms with Crippen LogP contribution in [0.3, 0.4) is 0 Å². The number of hydrogen-bond donors (Lipinski definition) is 2. The van der Waals surface area contributed by atoms with Crippen LogP contribution in [-0.2, 0) is 14.3 Å². The van der Waals surface area contributed by atoms with Crippen molar-refractivity contribution in [3.05, 3.63) is 35.9 Å². The van der Waals surface area contributed by atoms with Gasteiger partial charge in [-0.25, -0.2) is 4.79 Å². The van der Waals surface area contributed by atoms with E-state index in [4.69, 9.17) is 4.74 Å². The fraction of sp³-hybridized carbons (Fsp3) is 0.679. The fourth-order valence-corrected chi connectivity index (χ4v) is 3.75. The number of unbranched alkanes of at least 4 members (excludes halogenated alkanes) is 3. The van der Waals surface area contributed by atoms with Crippen LogP contribution in [-0.4, -0.2) is 46.5 Å². The number of nitrogens with one attached hydrogen (secondary N) is 2. The molecule has 0 saturated carbocycles. The molecule has 0 saturated heterocycles. The Morgan fingerprint density at radius 2 is 1.54 bits per heavy atom. The molecule has 3 amide bonds. The molecule has 198 valence electrons. The Hall–Kier alpha value is -2.57. The topological polar surface area (TPSA) is 87.7 Å². The lowest BCUT2D eigenvalue weighted by Gasteiger charge is -2.37. The first-order valence-electron chi connectivity index (χ1n) is 12.8. The maximum Gasteiger partial charge on any atom is 0.408 e. The number of carbonyl (C=O) groups excluding carboxylic acids is 3. The van der Waals surface area contributed by atoms with E-state index >= 15 is 0 Å². The maximum absolute atomic E-state index is 14.0. The van der Waals surface area contributed by atoms with Crippen LogP contribution in [0.4, 0.5) is 4.79 Å². The van der Waals surface area contributed by atoms with Crippen molar-refractivity contribution in [3.63, 3.8) is 0 Å². The van der Waals surface area contributed by atoms with Gasteiger partial charge in [-0.15, -0.1) is 0 Å². The lowest BCUT2D eigenvalue weighted by Crippen LogP contribution is -2.56. The van der Waals surface area contributed by atoms with Crippen molar-refractivity contribution in [3.8, 4) is 0 Å². The maximum atomic E-state index is 14.0. The molecule has 0 aliphatic rings. The van der Waals surface area contributed by atoms with Crippen molar-refractivity contribution in [1.29, 1.82) is 0 Å². The van der Waals surface area contributed by atoms with Gasteiger partial charge in [0.2, 0.25) is 11.8 Å². The van der Waals surface area contributed by atoms with E-state index in [0.29, 0.717) is 6.54 Å². The van der Waals surface area contributed by atoms with Gasteiger partial charge in [0.25, 0.3) is 0 Å². The molecular formula is C28H47N3O4. The van der Waals surface area contributed by atoms with Gasteiger partial charge >= 0.3 is 6.09 Å². The Bertz CT molecular complexity index is 810. The second-order valence-corrected chi connectivity index (χ2v) is 11.5. The molecule has 7 nitrogen and oxygen atoms in total. The Labute approximate surface area is 212 Å². The molecule has 0 aliphatic heterocycles. The third-order valence-electron chi connectivity index (χ3n) is 5.31. The second kappa shape index (κ2) is 13.5. The molecular weight excluding hydrogens is 442 g/mol. The van der Waals surface area contributed by atoms with Gasteiger partial charge in [-0.05, 0) is 59.4 Å². The number of amides is 3. The van der Waals surface area contributed by atoms with E-state index in [0.717, 1.165) is 31.2 Å². The molecule has 1 aromatic rings. The largest absolute Gasteiger partial charge is 0.444 e. The van der Waals surface area contributed by atoms with E-state index < -0.39 is 29.3 Å². The summed E-state index contributed by atoms with van der Waals surface area (Å²) in [6, 6.07) is 7.71. The zero-order valence-corrected chi connectivity index (χ0v) is 23.2. The van der Waals surface area contributed by atoms with Gasteiger partial charge in [-0.1, -0.05) is 70.4 Å². The highest BCUT2D eigenvalue weighted by Crippen LogP contribution is 2.25. The summed E-state index contributed by atoms with van der Waals surface area (Å²) in [6.45, 7) is 17.4. The van der Waals surface area contributed by atoms with Crippen molar-refractivity contribution >= 4 is 17.9 Å². The van der Waals surface area contributed by atoms with E-state index in [1.807, 2.05) is 65.0 Å². The van der Waals surface area contributed by atoms with E-state index in [2.05, 4.69) is 17.6 Å². The normalized spacial score (nSPS) is 13.7. The first-order valence-corrected chi connectivity index (χ1v) is 12.8. The molecule has 0 spiro atoms. The van der Waals surface area contributed by atoms with Gasteiger partial charge in [-0.2, -0.15) is 0 Å². The Morgan fingerprint density at radius 1 is 0.943 bits per heavy atom. The summed E-state index contributed by atoms with van der Waals surface area (Å²) in [7, 11) is 0. The number of alkyl carbamates (subject to hydrolysis) is 1. The number of rotatable bonds is 11. The van der Waals surface area contributed by atoms with Crippen LogP contribution in [0, 0.1) is 5.92 Å². The highest BCUT2D eigenvalue weighted by molar-refractivity contribution is 5.92. The average molecular weight is 490 g/mol. The Kier molecular flexibility index (Phi) is 11.7. The van der Waals surface area contributed by atoms with Crippen molar-refractivity contribution in [2.45, 2.75) is 111 Å². The molecule has 0 aliphatic carbocycles. The summed E-state index contributed by atoms with van der Waals surface area (Å²) in [4.78, 5) is 41.8. The predicted molar refractivity (Wildman–Crippen MR) is 141 cm³/mol. The number of nitrogens with zero attached hydrogens (tertiary/aromatic N) is 1. The van der Waals surface area contributed by atoms with Gasteiger partial charge in [-0.3, -0.25) is 9.59 Å². The van der Waals surface area contributed by atoms with Crippen LogP contribution in [0.2, 0.25) is 0 Å². The fourth-order valence-electron chi connectivity index (χ4n) is 3.75. The molecule has 35 heavy (non-hydrogen) atoms. The van der Waals surface area contributed by atoms with Crippen molar-refractivity contribution in [1.82, 2.24) is 15.5 Å². The Morgan fingerprint density at radius 3 is 2.03 bits per heavy atom. The van der Waals surface area contributed by atoms with Gasteiger partial charge < -0.3 is 20.3 Å². The first-order chi connectivity index (χ1) is 16.2. The van der Waals surface area contributed by atoms with Crippen LogP contribution in [0.1, 0.15) is 99.6 Å². The molecule has 2 atom stereocenters. The lowest BCUT2D eigenvalue weighted by molar-refractivity contribution is -0.144. The lowest BCUT2D eigenvalue weighted by atomic mass is 9.97. The molecule has 0 aromatic heterocycles. The summed E-state index contributed by atoms with van der Waals surface area (Å²) in [5.41, 5.74) is -0.418. The molecule has 0 bridgehead atoms. The van der Waals surface area contributed by atoms with Crippen LogP contribution in [0.15, 0.2) is 30.3 Å². The van der Waals surface area contributed by atoms with Crippen molar-refractivity contribution < 1.29 is 19.1 Å². The third-order valence-corrected chi connectivity index (χ3v) is 5.31. The van der Waals surface area contributed by atoms with Crippen molar-refractivity contribution in [2.75, 3.05) is 6.54 Å². The third kappa shape index (κ3) is 11.1. The van der Waals surface area contributed by atoms with E-state index in [1.54, 1.807) is 25.7 Å². The molecule has 1 aromatic carbocycles. The molecule has 2 unspecified atom stereocenters. The van der Waals surface area contributed by atoms with Gasteiger partial charge in [0, 0.05) is 12.1 Å². The van der Waals surface area contributed by atoms with Gasteiger partial charge in [0.1, 0.15) is 17.7 Å². The number of hydrogen-bond acceptors (Lipinski definition) is 4. The van der Waals surface area contributed by atoms with E-state index in [-0.39, 0.29) is 17.7 Å². The summed E-state index contributed by atoms with van der Waals surface area (Å²) in [6.07, 6.45) is 3.19. The SMILES string of the molecule is CCCCCCN(C(=O)C(NC(=O)OC(C)(C)C)C(C)C)C(C(=O)NC(C)(C)C)c1ccccc1. The molecule has 0 radical (unpaired) electrons. The minimum atomic E-state index is -0.829. The highest BCUT2D eigenvalue weighted by atomic mass is 16.6. The van der Waals surface area contributed by atoms with E-state index in [9.17, 15) is 14.4 Å². The second-order valence-electron chi connectivity index (χ2n) is 11.5. The van der Waals surface area contributed by atoms with Gasteiger partial charge in [0.05, 0.1) is 0 Å². The summed E-state index contributed by atoms with van der Waals surface area (Å²) in [5, 5.41) is 5.81. The molecule has 0 heterocycles. The van der Waals surface area contributed by atoms with Gasteiger partial charge in [0.15, 0.2) is 0 Å². The monoisotopic (exact) mass is 489 g/mol. The summed E-state index contributed by atoms with van der Waals surface area (Å²) < 4.78 is 5.42. The zero-order chi connectivity index (χ0) is 26.8. The quantitative estimate of drug-likeness (QED) is 0.396. The number of benzene rings is 1. The summed E-state index contributed by atoms with van der Waals surface area (Å²) in [5.74, 6) is -0.733. The van der Waals surface area contributed by atoms with Crippen LogP contribution >= 0.6 is 0 Å². The minimum Gasteiger partial charge on any atom is -0.444 e. The molecule has 0 fully saturated rings. The van der Waals surface area contributed by atoms with Crippen LogP contribution < -0.4 is 10.6 Å². The smallest absolute Gasteiger partial charge is 0.408 e. The number of ether oxygens (including phenoxy) is 1. The zero-order valence-electron chi connectivity index (χ0n) is 23.2. The number of carbonyl (C=O) groups is 3. The standard InChI is InChI=1S/C28H47N3O4/c1-10-11-12-16-19-31(25(33)22(20(2)3)29-26(34)35-28(7,8)9)23(21-17-14-13-15-18-21)24(32)30-27(4,5)6/h13-15,17-18,20,22-23H,10-12,16,19H2,1-9H3,(H,29,34)(H,30,32). The molecule has 2 N–H and O–H groups in total. The summed E-state index contributed by atoms with van der Waals surface area (Å²) >= 11 is 0. The minimum absolute atomic E-state index is 0.199. The van der Waals surface area contributed by atoms with E-state index in [1.165, 1.54) is 0 Å². The molecule has 1 rings (SSSR count). The predicted octanol–water partition coefficient (Wildman–Crippen LogP) is 5.60. The Balaban J connectivity index is 3.41. The van der Waals surface area contributed by atoms with Crippen LogP contribution in [0.25, 0.3) is 0 Å². The average Bonchev–Trinajstić information content (AvgIpc) is 2.71. The van der Waals surface area contributed by atoms with Crippen LogP contribution in [0.5, 0.6) is 0 Å². The first kappa shape index (κ1) is 30.5. The molecule has 7 heteroatoms.